The van der Waals surface area contributed by atoms with Gasteiger partial charge in [0, 0.05) is 0 Å². The van der Waals surface area contributed by atoms with Gasteiger partial charge in [0.2, 0.25) is 0 Å². The first-order valence-electron chi connectivity index (χ1n) is 4.70. The van der Waals surface area contributed by atoms with Gasteiger partial charge in [-0.1, -0.05) is 6.92 Å². The predicted octanol–water partition coefficient (Wildman–Crippen LogP) is 1.67. The zero-order valence-corrected chi connectivity index (χ0v) is 9.55. The van der Waals surface area contributed by atoms with Gasteiger partial charge in [0.15, 0.2) is 0 Å². The number of carbonyl (C=O) groups is 1. The van der Waals surface area contributed by atoms with Crippen molar-refractivity contribution in [1.29, 1.82) is 0 Å². The first kappa shape index (κ1) is 12.4. The van der Waals surface area contributed by atoms with Crippen LogP contribution in [0.1, 0.15) is 34.1 Å². The minimum absolute atomic E-state index is 0.00623. The first-order valence-corrected chi connectivity index (χ1v) is 4.70. The molecule has 0 heterocycles. The molecule has 0 aliphatic rings. The summed E-state index contributed by atoms with van der Waals surface area (Å²) in [5, 5.41) is 0. The van der Waals surface area contributed by atoms with E-state index < -0.39 is 5.54 Å². The van der Waals surface area contributed by atoms with Gasteiger partial charge < -0.3 is 4.74 Å². The lowest BCUT2D eigenvalue weighted by molar-refractivity contribution is -0.159. The maximum atomic E-state index is 11.6. The van der Waals surface area contributed by atoms with E-state index >= 15 is 0 Å². The molecule has 3 heteroatoms. The molecule has 0 aliphatic heterocycles. The molecule has 0 amide bonds. The van der Waals surface area contributed by atoms with Gasteiger partial charge in [-0.2, -0.15) is 0 Å². The third-order valence-corrected chi connectivity index (χ3v) is 2.50. The Labute approximate surface area is 81.1 Å². The van der Waals surface area contributed by atoms with Crippen LogP contribution in [0.5, 0.6) is 0 Å². The van der Waals surface area contributed by atoms with Crippen LogP contribution in [0.15, 0.2) is 0 Å². The fourth-order valence-electron chi connectivity index (χ4n) is 0.593. The number of carbonyl (C=O) groups excluding carboxylic acids is 1. The van der Waals surface area contributed by atoms with E-state index in [1.54, 1.807) is 0 Å². The van der Waals surface area contributed by atoms with Crippen LogP contribution in [0.25, 0.3) is 0 Å². The van der Waals surface area contributed by atoms with Gasteiger partial charge in [-0.25, -0.2) is 0 Å². The average molecular weight is 187 g/mol. The zero-order valence-electron chi connectivity index (χ0n) is 9.55. The van der Waals surface area contributed by atoms with Crippen molar-refractivity contribution in [3.8, 4) is 0 Å². The van der Waals surface area contributed by atoms with E-state index in [0.717, 1.165) is 6.42 Å². The molecule has 0 radical (unpaired) electrons. The summed E-state index contributed by atoms with van der Waals surface area (Å²) in [6, 6.07) is 0. The lowest BCUT2D eigenvalue weighted by Gasteiger charge is -2.30. The van der Waals surface area contributed by atoms with Gasteiger partial charge in [-0.15, -0.1) is 0 Å². The molecule has 0 saturated heterocycles. The highest BCUT2D eigenvalue weighted by Gasteiger charge is 2.32. The Morgan fingerprint density at radius 2 is 1.92 bits per heavy atom. The summed E-state index contributed by atoms with van der Waals surface area (Å²) in [4.78, 5) is 13.5. The van der Waals surface area contributed by atoms with E-state index in [4.69, 9.17) is 4.74 Å². The number of hydrogen-bond acceptors (Lipinski definition) is 3. The van der Waals surface area contributed by atoms with E-state index in [2.05, 4.69) is 0 Å². The van der Waals surface area contributed by atoms with Crippen LogP contribution in [0, 0.1) is 0 Å². The van der Waals surface area contributed by atoms with Gasteiger partial charge >= 0.3 is 5.97 Å². The normalized spacial score (nSPS) is 14.4. The fraction of sp³-hybridized carbons (Fsp3) is 0.900. The molecule has 0 N–H and O–H groups in total. The van der Waals surface area contributed by atoms with E-state index in [9.17, 15) is 4.79 Å². The summed E-state index contributed by atoms with van der Waals surface area (Å²) in [5.41, 5.74) is -0.538. The highest BCUT2D eigenvalue weighted by atomic mass is 16.5. The second-order valence-corrected chi connectivity index (χ2v) is 4.08. The van der Waals surface area contributed by atoms with Gasteiger partial charge in [-0.3, -0.25) is 9.69 Å². The zero-order chi connectivity index (χ0) is 10.6. The molecule has 78 valence electrons. The molecule has 1 atom stereocenters. The molecule has 0 bridgehead atoms. The van der Waals surface area contributed by atoms with Gasteiger partial charge in [0.25, 0.3) is 0 Å². The summed E-state index contributed by atoms with van der Waals surface area (Å²) in [6.07, 6.45) is 0.863. The van der Waals surface area contributed by atoms with Gasteiger partial charge in [0.1, 0.15) is 5.54 Å². The Balaban J connectivity index is 4.25. The Bertz CT molecular complexity index is 176. The first-order chi connectivity index (χ1) is 5.82. The third kappa shape index (κ3) is 3.35. The quantitative estimate of drug-likeness (QED) is 0.627. The maximum Gasteiger partial charge on any atom is 0.326 e. The monoisotopic (exact) mass is 187 g/mol. The third-order valence-electron chi connectivity index (χ3n) is 2.50. The van der Waals surface area contributed by atoms with Crippen molar-refractivity contribution in [3.63, 3.8) is 0 Å². The van der Waals surface area contributed by atoms with Crippen molar-refractivity contribution in [2.24, 2.45) is 0 Å². The molecule has 0 aromatic rings. The highest BCUT2D eigenvalue weighted by molar-refractivity contribution is 5.79. The molecule has 0 aliphatic carbocycles. The van der Waals surface area contributed by atoms with Crippen LogP contribution < -0.4 is 0 Å². The summed E-state index contributed by atoms with van der Waals surface area (Å²) < 4.78 is 5.24. The number of ether oxygens (including phenoxy) is 1. The molecular formula is C10H21NO2. The molecule has 0 saturated carbocycles. The molecule has 13 heavy (non-hydrogen) atoms. The fourth-order valence-corrected chi connectivity index (χ4v) is 0.593. The van der Waals surface area contributed by atoms with E-state index in [0.29, 0.717) is 0 Å². The van der Waals surface area contributed by atoms with E-state index in [1.807, 2.05) is 46.7 Å². The summed E-state index contributed by atoms with van der Waals surface area (Å²) in [5.74, 6) is -0.160. The Morgan fingerprint density at radius 3 is 2.23 bits per heavy atom. The molecule has 0 aromatic carbocycles. The number of esters is 1. The average Bonchev–Trinajstić information content (AvgIpc) is 2.03. The minimum atomic E-state index is -0.538. The molecule has 1 unspecified atom stereocenters. The number of hydrogen-bond donors (Lipinski definition) is 0. The van der Waals surface area contributed by atoms with Crippen LogP contribution in [0.3, 0.4) is 0 Å². The van der Waals surface area contributed by atoms with Crippen molar-refractivity contribution in [1.82, 2.24) is 4.90 Å². The second kappa shape index (κ2) is 4.61. The Morgan fingerprint density at radius 1 is 1.46 bits per heavy atom. The molecule has 0 aromatic heterocycles. The van der Waals surface area contributed by atoms with Crippen LogP contribution in [0.4, 0.5) is 0 Å². The topological polar surface area (TPSA) is 29.5 Å². The van der Waals surface area contributed by atoms with Crippen molar-refractivity contribution >= 4 is 5.97 Å². The predicted molar refractivity (Wildman–Crippen MR) is 53.6 cm³/mol. The van der Waals surface area contributed by atoms with Crippen LogP contribution in [-0.4, -0.2) is 36.6 Å². The summed E-state index contributed by atoms with van der Waals surface area (Å²) >= 11 is 0. The SMILES string of the molecule is CCC(C)OC(=O)C(C)(C)N(C)C. The Hall–Kier alpha value is -0.570. The largest absolute Gasteiger partial charge is 0.461 e. The highest BCUT2D eigenvalue weighted by Crippen LogP contribution is 2.14. The number of rotatable bonds is 4. The molecule has 3 nitrogen and oxygen atoms in total. The van der Waals surface area contributed by atoms with Crippen molar-refractivity contribution < 1.29 is 9.53 Å². The summed E-state index contributed by atoms with van der Waals surface area (Å²) in [7, 11) is 3.75. The smallest absolute Gasteiger partial charge is 0.326 e. The Kier molecular flexibility index (Phi) is 4.40. The molecule has 0 rings (SSSR count). The van der Waals surface area contributed by atoms with Crippen LogP contribution in [-0.2, 0) is 9.53 Å². The van der Waals surface area contributed by atoms with Crippen molar-refractivity contribution in [2.75, 3.05) is 14.1 Å². The van der Waals surface area contributed by atoms with E-state index in [-0.39, 0.29) is 12.1 Å². The van der Waals surface area contributed by atoms with Crippen LogP contribution >= 0.6 is 0 Å². The lowest BCUT2D eigenvalue weighted by atomic mass is 10.1. The van der Waals surface area contributed by atoms with Crippen LogP contribution in [0.2, 0.25) is 0 Å². The molecule has 0 spiro atoms. The number of likely N-dealkylation sites (N-methyl/N-ethyl adjacent to an activating group) is 1. The van der Waals surface area contributed by atoms with Crippen molar-refractivity contribution in [3.05, 3.63) is 0 Å². The molecular weight excluding hydrogens is 166 g/mol. The number of nitrogens with zero attached hydrogens (tertiary/aromatic N) is 1. The van der Waals surface area contributed by atoms with E-state index in [1.165, 1.54) is 0 Å². The molecule has 0 fully saturated rings. The summed E-state index contributed by atoms with van der Waals surface area (Å²) in [6.45, 7) is 7.62. The van der Waals surface area contributed by atoms with Gasteiger partial charge in [0.05, 0.1) is 6.10 Å². The lowest BCUT2D eigenvalue weighted by Crippen LogP contribution is -2.47. The second-order valence-electron chi connectivity index (χ2n) is 4.08. The maximum absolute atomic E-state index is 11.6. The van der Waals surface area contributed by atoms with Crippen molar-refractivity contribution in [2.45, 2.75) is 45.8 Å². The standard InChI is InChI=1S/C10H21NO2/c1-7-8(2)13-9(12)10(3,4)11(5)6/h8H,7H2,1-6H3. The minimum Gasteiger partial charge on any atom is -0.461 e. The van der Waals surface area contributed by atoms with Gasteiger partial charge in [-0.05, 0) is 41.3 Å².